The van der Waals surface area contributed by atoms with E-state index in [-0.39, 0.29) is 17.1 Å². The SMILES string of the molecule is Cn1c(O)c(N=NC(=O)Cc2ccc([N+](=O)[O-])cc2[N+](=O)[O-])c2ccccc21. The topological polar surface area (TPSA) is 153 Å². The molecule has 0 saturated heterocycles. The highest BCUT2D eigenvalue weighted by atomic mass is 16.6. The monoisotopic (exact) mass is 383 g/mol. The van der Waals surface area contributed by atoms with Crippen molar-refractivity contribution in [2.75, 3.05) is 0 Å². The minimum atomic E-state index is -0.802. The Hall–Kier alpha value is -4.15. The number of amides is 1. The number of nitro groups is 2. The summed E-state index contributed by atoms with van der Waals surface area (Å²) in [6, 6.07) is 9.98. The maximum Gasteiger partial charge on any atom is 0.279 e. The molecule has 0 aliphatic carbocycles. The van der Waals surface area contributed by atoms with Gasteiger partial charge in [0.25, 0.3) is 17.3 Å². The average Bonchev–Trinajstić information content (AvgIpc) is 2.91. The standard InChI is InChI=1S/C17H13N5O6/c1-20-13-5-3-2-4-12(13)16(17(20)24)19-18-15(23)8-10-6-7-11(21(25)26)9-14(10)22(27)28/h2-7,9,24H,8H2,1H3. The highest BCUT2D eigenvalue weighted by Gasteiger charge is 2.21. The van der Waals surface area contributed by atoms with Gasteiger partial charge in [0.1, 0.15) is 0 Å². The van der Waals surface area contributed by atoms with Gasteiger partial charge in [0.2, 0.25) is 5.88 Å². The second-order valence-corrected chi connectivity index (χ2v) is 5.85. The van der Waals surface area contributed by atoms with Crippen LogP contribution in [0.5, 0.6) is 5.88 Å². The van der Waals surface area contributed by atoms with Crippen molar-refractivity contribution in [3.63, 3.8) is 0 Å². The third kappa shape index (κ3) is 3.40. The van der Waals surface area contributed by atoms with Crippen molar-refractivity contribution in [3.05, 3.63) is 68.3 Å². The molecule has 11 heteroatoms. The molecule has 2 aromatic carbocycles. The number of para-hydroxylation sites is 1. The van der Waals surface area contributed by atoms with E-state index in [1.54, 1.807) is 31.3 Å². The van der Waals surface area contributed by atoms with Gasteiger partial charge in [0, 0.05) is 24.1 Å². The number of aromatic nitrogens is 1. The Morgan fingerprint density at radius 1 is 1.14 bits per heavy atom. The maximum absolute atomic E-state index is 12.1. The van der Waals surface area contributed by atoms with Gasteiger partial charge in [0.15, 0.2) is 5.69 Å². The lowest BCUT2D eigenvalue weighted by molar-refractivity contribution is -0.394. The van der Waals surface area contributed by atoms with Crippen molar-refractivity contribution in [3.8, 4) is 5.88 Å². The van der Waals surface area contributed by atoms with E-state index < -0.39 is 33.5 Å². The first-order valence-electron chi connectivity index (χ1n) is 7.92. The third-order valence-electron chi connectivity index (χ3n) is 4.13. The van der Waals surface area contributed by atoms with Gasteiger partial charge in [-0.3, -0.25) is 25.0 Å². The van der Waals surface area contributed by atoms with Gasteiger partial charge in [-0.2, -0.15) is 0 Å². The van der Waals surface area contributed by atoms with Crippen LogP contribution in [0.15, 0.2) is 52.7 Å². The molecule has 0 saturated carbocycles. The normalized spacial score (nSPS) is 11.2. The number of aromatic hydroxyl groups is 1. The lowest BCUT2D eigenvalue weighted by Crippen LogP contribution is -2.03. The first-order chi connectivity index (χ1) is 13.3. The molecule has 142 valence electrons. The van der Waals surface area contributed by atoms with Gasteiger partial charge in [-0.1, -0.05) is 18.2 Å². The second-order valence-electron chi connectivity index (χ2n) is 5.85. The van der Waals surface area contributed by atoms with E-state index >= 15 is 0 Å². The maximum atomic E-state index is 12.1. The first-order valence-corrected chi connectivity index (χ1v) is 7.92. The molecule has 0 bridgehead atoms. The van der Waals surface area contributed by atoms with Crippen LogP contribution in [0.3, 0.4) is 0 Å². The number of non-ortho nitro benzene ring substituents is 1. The van der Waals surface area contributed by atoms with Crippen LogP contribution < -0.4 is 0 Å². The number of carbonyl (C=O) groups excluding carboxylic acids is 1. The van der Waals surface area contributed by atoms with E-state index in [4.69, 9.17) is 0 Å². The van der Waals surface area contributed by atoms with Gasteiger partial charge >= 0.3 is 0 Å². The van der Waals surface area contributed by atoms with Gasteiger partial charge in [-0.15, -0.1) is 10.2 Å². The Morgan fingerprint density at radius 2 is 1.86 bits per heavy atom. The molecular weight excluding hydrogens is 370 g/mol. The van der Waals surface area contributed by atoms with E-state index in [0.29, 0.717) is 10.9 Å². The molecule has 0 aliphatic heterocycles. The second kappa shape index (κ2) is 7.23. The number of aryl methyl sites for hydroxylation is 1. The lowest BCUT2D eigenvalue weighted by Gasteiger charge is -2.00. The summed E-state index contributed by atoms with van der Waals surface area (Å²) in [5.41, 5.74) is -0.241. The number of nitrogens with zero attached hydrogens (tertiary/aromatic N) is 5. The minimum absolute atomic E-state index is 0.0262. The molecule has 1 heterocycles. The fourth-order valence-corrected chi connectivity index (χ4v) is 2.75. The van der Waals surface area contributed by atoms with Crippen LogP contribution in [0, 0.1) is 20.2 Å². The number of fused-ring (bicyclic) bond motifs is 1. The number of rotatable bonds is 5. The molecule has 0 unspecified atom stereocenters. The summed E-state index contributed by atoms with van der Waals surface area (Å²) < 4.78 is 1.48. The molecule has 0 aliphatic rings. The Labute approximate surface area is 156 Å². The molecule has 1 amide bonds. The van der Waals surface area contributed by atoms with Crippen molar-refractivity contribution in [2.45, 2.75) is 6.42 Å². The van der Waals surface area contributed by atoms with Crippen molar-refractivity contribution < 1.29 is 19.7 Å². The van der Waals surface area contributed by atoms with Crippen LogP contribution in [0.1, 0.15) is 5.56 Å². The van der Waals surface area contributed by atoms with Crippen LogP contribution in [0.25, 0.3) is 10.9 Å². The number of carbonyl (C=O) groups is 1. The molecule has 0 fully saturated rings. The van der Waals surface area contributed by atoms with Gasteiger partial charge < -0.3 is 9.67 Å². The van der Waals surface area contributed by atoms with Gasteiger partial charge in [-0.05, 0) is 12.1 Å². The summed E-state index contributed by atoms with van der Waals surface area (Å²) in [6.45, 7) is 0. The largest absolute Gasteiger partial charge is 0.493 e. The van der Waals surface area contributed by atoms with E-state index in [0.717, 1.165) is 18.2 Å². The summed E-state index contributed by atoms with van der Waals surface area (Å²) >= 11 is 0. The zero-order valence-corrected chi connectivity index (χ0v) is 14.5. The number of hydrogen-bond acceptors (Lipinski definition) is 7. The molecule has 0 atom stereocenters. The summed E-state index contributed by atoms with van der Waals surface area (Å²) in [6.07, 6.45) is -0.469. The number of hydrogen-bond donors (Lipinski definition) is 1. The molecule has 3 rings (SSSR count). The van der Waals surface area contributed by atoms with E-state index in [1.165, 1.54) is 4.57 Å². The molecular formula is C17H13N5O6. The van der Waals surface area contributed by atoms with Gasteiger partial charge in [0.05, 0.1) is 27.9 Å². The summed E-state index contributed by atoms with van der Waals surface area (Å²) in [4.78, 5) is 32.5. The van der Waals surface area contributed by atoms with E-state index in [1.807, 2.05) is 0 Å². The van der Waals surface area contributed by atoms with Crippen molar-refractivity contribution in [1.82, 2.24) is 4.57 Å². The highest BCUT2D eigenvalue weighted by Crippen LogP contribution is 2.37. The summed E-state index contributed by atoms with van der Waals surface area (Å²) in [7, 11) is 1.62. The smallest absolute Gasteiger partial charge is 0.279 e. The van der Waals surface area contributed by atoms with E-state index in [9.17, 15) is 30.1 Å². The zero-order chi connectivity index (χ0) is 20.4. The lowest BCUT2D eigenvalue weighted by atomic mass is 10.1. The third-order valence-corrected chi connectivity index (χ3v) is 4.13. The molecule has 0 spiro atoms. The van der Waals surface area contributed by atoms with Crippen LogP contribution in [-0.2, 0) is 18.3 Å². The zero-order valence-electron chi connectivity index (χ0n) is 14.5. The van der Waals surface area contributed by atoms with Crippen LogP contribution >= 0.6 is 0 Å². The number of benzene rings is 2. The molecule has 0 radical (unpaired) electrons. The fraction of sp³-hybridized carbons (Fsp3) is 0.118. The average molecular weight is 383 g/mol. The molecule has 1 aromatic heterocycles. The molecule has 1 N–H and O–H groups in total. The van der Waals surface area contributed by atoms with Crippen molar-refractivity contribution in [2.24, 2.45) is 17.3 Å². The van der Waals surface area contributed by atoms with Crippen molar-refractivity contribution >= 4 is 33.9 Å². The minimum Gasteiger partial charge on any atom is -0.493 e. The number of azo groups is 1. The van der Waals surface area contributed by atoms with Gasteiger partial charge in [-0.25, -0.2) is 0 Å². The van der Waals surface area contributed by atoms with Crippen molar-refractivity contribution in [1.29, 1.82) is 0 Å². The number of nitro benzene ring substituents is 2. The Kier molecular flexibility index (Phi) is 4.81. The predicted octanol–water partition coefficient (Wildman–Crippen LogP) is 3.55. The predicted molar refractivity (Wildman–Crippen MR) is 97.6 cm³/mol. The van der Waals surface area contributed by atoms with Crippen LogP contribution in [0.4, 0.5) is 17.1 Å². The highest BCUT2D eigenvalue weighted by molar-refractivity contribution is 5.95. The van der Waals surface area contributed by atoms with Crippen LogP contribution in [-0.4, -0.2) is 25.4 Å². The van der Waals surface area contributed by atoms with Crippen LogP contribution in [0.2, 0.25) is 0 Å². The summed E-state index contributed by atoms with van der Waals surface area (Å²) in [5, 5.41) is 40.0. The fourth-order valence-electron chi connectivity index (χ4n) is 2.75. The quantitative estimate of drug-likeness (QED) is 0.404. The molecule has 28 heavy (non-hydrogen) atoms. The molecule has 11 nitrogen and oxygen atoms in total. The summed E-state index contributed by atoms with van der Waals surface area (Å²) in [5.74, 6) is -0.983. The Morgan fingerprint density at radius 3 is 2.54 bits per heavy atom. The Balaban J connectivity index is 1.88. The first kappa shape index (κ1) is 18.6. The molecule has 3 aromatic rings. The van der Waals surface area contributed by atoms with E-state index in [2.05, 4.69) is 10.2 Å². The Bertz CT molecular complexity index is 1150.